The first kappa shape index (κ1) is 27.7. The van der Waals surface area contributed by atoms with Crippen molar-refractivity contribution in [2.45, 2.75) is 32.2 Å². The third kappa shape index (κ3) is 6.83. The third-order valence-corrected chi connectivity index (χ3v) is 7.94. The molecule has 0 radical (unpaired) electrons. The predicted octanol–water partition coefficient (Wildman–Crippen LogP) is 4.69. The number of hydrogen-bond donors (Lipinski definition) is 1. The van der Waals surface area contributed by atoms with Crippen LogP contribution in [0.25, 0.3) is 0 Å². The number of halogens is 2. The molecule has 5 rings (SSSR count). The topological polar surface area (TPSA) is 74.8 Å². The smallest absolute Gasteiger partial charge is 0.255 e. The van der Waals surface area contributed by atoms with Crippen molar-refractivity contribution in [1.29, 1.82) is 0 Å². The Balaban J connectivity index is 1.33. The molecule has 2 aliphatic heterocycles. The molecular formula is C31H34F2N4O3. The van der Waals surface area contributed by atoms with Gasteiger partial charge in [-0.1, -0.05) is 24.3 Å². The normalized spacial score (nSPS) is 18.4. The molecule has 210 valence electrons. The Morgan fingerprint density at radius 2 is 1.73 bits per heavy atom. The van der Waals surface area contributed by atoms with E-state index in [1.165, 1.54) is 24.4 Å². The Hall–Kier alpha value is -3.85. The minimum Gasteiger partial charge on any atom is -0.492 e. The van der Waals surface area contributed by atoms with Gasteiger partial charge in [0, 0.05) is 44.3 Å². The van der Waals surface area contributed by atoms with Crippen LogP contribution in [0.3, 0.4) is 0 Å². The van der Waals surface area contributed by atoms with Gasteiger partial charge < -0.3 is 15.0 Å². The molecular weight excluding hydrogens is 514 g/mol. The summed E-state index contributed by atoms with van der Waals surface area (Å²) in [6.07, 6.45) is 5.74. The molecule has 1 saturated heterocycles. The molecule has 1 aromatic heterocycles. The molecule has 0 aliphatic carbocycles. The number of hydrogen-bond acceptors (Lipinski definition) is 5. The van der Waals surface area contributed by atoms with Gasteiger partial charge in [-0.3, -0.25) is 19.5 Å². The van der Waals surface area contributed by atoms with Crippen LogP contribution in [0.5, 0.6) is 5.75 Å². The van der Waals surface area contributed by atoms with Crippen LogP contribution in [0.1, 0.15) is 52.0 Å². The van der Waals surface area contributed by atoms with Crippen LogP contribution in [0.4, 0.5) is 8.78 Å². The average Bonchev–Trinajstić information content (AvgIpc) is 2.98. The lowest BCUT2D eigenvalue weighted by Gasteiger charge is -2.42. The number of carbonyl (C=O) groups excluding carboxylic acids is 2. The second kappa shape index (κ2) is 12.6. The number of likely N-dealkylation sites (tertiary alicyclic amines) is 1. The summed E-state index contributed by atoms with van der Waals surface area (Å²) in [5.41, 5.74) is 1.57. The number of benzene rings is 2. The number of piperidine rings is 1. The van der Waals surface area contributed by atoms with Crippen LogP contribution in [0, 0.1) is 17.0 Å². The molecule has 0 atom stereocenters. The van der Waals surface area contributed by atoms with Gasteiger partial charge in [-0.05, 0) is 68.1 Å². The van der Waals surface area contributed by atoms with E-state index in [2.05, 4.69) is 15.2 Å². The van der Waals surface area contributed by atoms with Crippen molar-refractivity contribution in [1.82, 2.24) is 20.1 Å². The van der Waals surface area contributed by atoms with Gasteiger partial charge >= 0.3 is 0 Å². The minimum atomic E-state index is -0.532. The van der Waals surface area contributed by atoms with Gasteiger partial charge in [0.25, 0.3) is 11.8 Å². The number of nitrogens with zero attached hydrogens (tertiary/aromatic N) is 3. The van der Waals surface area contributed by atoms with E-state index in [1.807, 2.05) is 18.2 Å². The average molecular weight is 549 g/mol. The van der Waals surface area contributed by atoms with E-state index in [-0.39, 0.29) is 28.6 Å². The molecule has 2 aromatic carbocycles. The van der Waals surface area contributed by atoms with E-state index < -0.39 is 5.82 Å². The largest absolute Gasteiger partial charge is 0.492 e. The van der Waals surface area contributed by atoms with E-state index in [0.29, 0.717) is 50.6 Å². The molecule has 40 heavy (non-hydrogen) atoms. The van der Waals surface area contributed by atoms with E-state index in [4.69, 9.17) is 4.74 Å². The first-order chi connectivity index (χ1) is 19.4. The summed E-state index contributed by atoms with van der Waals surface area (Å²) < 4.78 is 33.4. The summed E-state index contributed by atoms with van der Waals surface area (Å²) in [5, 5.41) is 3.01. The third-order valence-electron chi connectivity index (χ3n) is 7.94. The Labute approximate surface area is 233 Å². The lowest BCUT2D eigenvalue weighted by Crippen LogP contribution is -2.46. The lowest BCUT2D eigenvalue weighted by atomic mass is 9.75. The number of nitrogens with one attached hydrogen (secondary N) is 1. The van der Waals surface area contributed by atoms with Crippen LogP contribution in [-0.2, 0) is 6.54 Å². The summed E-state index contributed by atoms with van der Waals surface area (Å²) in [7, 11) is 0. The Morgan fingerprint density at radius 3 is 2.50 bits per heavy atom. The van der Waals surface area contributed by atoms with Crippen LogP contribution >= 0.6 is 0 Å². The monoisotopic (exact) mass is 548 g/mol. The number of rotatable bonds is 3. The second-order valence-electron chi connectivity index (χ2n) is 10.7. The number of para-hydroxylation sites is 1. The molecule has 1 spiro atoms. The van der Waals surface area contributed by atoms with E-state index in [1.54, 1.807) is 23.1 Å². The highest BCUT2D eigenvalue weighted by molar-refractivity contribution is 5.97. The molecule has 0 bridgehead atoms. The van der Waals surface area contributed by atoms with Crippen LogP contribution < -0.4 is 10.1 Å². The molecule has 2 amide bonds. The van der Waals surface area contributed by atoms with Crippen molar-refractivity contribution >= 4 is 11.8 Å². The van der Waals surface area contributed by atoms with Gasteiger partial charge in [-0.2, -0.15) is 0 Å². The number of aromatic nitrogens is 1. The Kier molecular flexibility index (Phi) is 8.69. The number of ether oxygens (including phenoxy) is 1. The zero-order valence-corrected chi connectivity index (χ0v) is 22.5. The molecule has 2 aliphatic rings. The second-order valence-corrected chi connectivity index (χ2v) is 10.7. The van der Waals surface area contributed by atoms with Gasteiger partial charge in [0.15, 0.2) is 0 Å². The summed E-state index contributed by atoms with van der Waals surface area (Å²) in [6, 6.07) is 15.0. The summed E-state index contributed by atoms with van der Waals surface area (Å²) in [4.78, 5) is 33.9. The number of amides is 2. The fraction of sp³-hybridized carbons (Fsp3) is 0.387. The fourth-order valence-corrected chi connectivity index (χ4v) is 5.59. The Morgan fingerprint density at radius 1 is 0.950 bits per heavy atom. The maximum atomic E-state index is 13.7. The molecule has 0 unspecified atom stereocenters. The fourth-order valence-electron chi connectivity index (χ4n) is 5.59. The first-order valence-electron chi connectivity index (χ1n) is 13.8. The maximum Gasteiger partial charge on any atom is 0.255 e. The maximum absolute atomic E-state index is 13.7. The molecule has 1 fully saturated rings. The first-order valence-corrected chi connectivity index (χ1v) is 13.8. The molecule has 1 N–H and O–H groups in total. The zero-order valence-electron chi connectivity index (χ0n) is 22.5. The van der Waals surface area contributed by atoms with Crippen molar-refractivity contribution in [3.63, 3.8) is 0 Å². The van der Waals surface area contributed by atoms with Gasteiger partial charge in [0.2, 0.25) is 0 Å². The zero-order chi connectivity index (χ0) is 28.0. The number of pyridine rings is 1. The van der Waals surface area contributed by atoms with Gasteiger partial charge in [-0.15, -0.1) is 0 Å². The quantitative estimate of drug-likeness (QED) is 0.514. The van der Waals surface area contributed by atoms with Crippen molar-refractivity contribution < 1.29 is 23.1 Å². The summed E-state index contributed by atoms with van der Waals surface area (Å²) in [6.45, 7) is 4.08. The number of carbonyl (C=O) groups is 2. The van der Waals surface area contributed by atoms with E-state index in [9.17, 15) is 18.4 Å². The van der Waals surface area contributed by atoms with Crippen molar-refractivity contribution in [3.8, 4) is 5.75 Å². The molecule has 0 saturated carbocycles. The van der Waals surface area contributed by atoms with E-state index >= 15 is 0 Å². The van der Waals surface area contributed by atoms with Gasteiger partial charge in [-0.25, -0.2) is 8.78 Å². The molecule has 3 aromatic rings. The molecule has 7 nitrogen and oxygen atoms in total. The standard InChI is InChI=1S/C31H34F2N4O3/c32-25-8-6-23(7-9-25)21-36-14-3-10-31(22-40-28-5-2-1-4-27(28)29(38)35-13-17-36)11-15-37(16-12-31)30(39)24-18-26(33)20-34-19-24/h1-2,4-9,18-20H,3,10-17,21-22H2,(H,35,38). The van der Waals surface area contributed by atoms with Gasteiger partial charge in [0.05, 0.1) is 23.9 Å². The van der Waals surface area contributed by atoms with Crippen LogP contribution in [-0.4, -0.2) is 65.9 Å². The highest BCUT2D eigenvalue weighted by atomic mass is 19.1. The van der Waals surface area contributed by atoms with Crippen molar-refractivity contribution in [2.24, 2.45) is 5.41 Å². The van der Waals surface area contributed by atoms with Gasteiger partial charge in [0.1, 0.15) is 17.4 Å². The SMILES string of the molecule is O=C1NCCN(Cc2ccc(F)cc2)CCCC2(CCN(C(=O)c3cncc(F)c3)CC2)COc2ccccc21. The van der Waals surface area contributed by atoms with Crippen LogP contribution in [0.2, 0.25) is 0 Å². The van der Waals surface area contributed by atoms with Crippen LogP contribution in [0.15, 0.2) is 67.0 Å². The lowest BCUT2D eigenvalue weighted by molar-refractivity contribution is 0.0348. The molecule has 3 heterocycles. The minimum absolute atomic E-state index is 0.184. The van der Waals surface area contributed by atoms with Crippen molar-refractivity contribution in [3.05, 3.63) is 95.3 Å². The summed E-state index contributed by atoms with van der Waals surface area (Å²) in [5.74, 6) is -0.656. The highest BCUT2D eigenvalue weighted by Crippen LogP contribution is 2.38. The summed E-state index contributed by atoms with van der Waals surface area (Å²) >= 11 is 0. The molecule has 9 heteroatoms. The number of fused-ring (bicyclic) bond motifs is 1. The van der Waals surface area contributed by atoms with Crippen molar-refractivity contribution in [2.75, 3.05) is 39.3 Å². The highest BCUT2D eigenvalue weighted by Gasteiger charge is 2.37. The van der Waals surface area contributed by atoms with E-state index in [0.717, 1.165) is 44.0 Å². The Bertz CT molecular complexity index is 1330. The predicted molar refractivity (Wildman–Crippen MR) is 147 cm³/mol.